The minimum Gasteiger partial charge on any atom is -0.398 e. The van der Waals surface area contributed by atoms with Gasteiger partial charge in [0.25, 0.3) is 0 Å². The van der Waals surface area contributed by atoms with E-state index in [4.69, 9.17) is 15.5 Å². The van der Waals surface area contributed by atoms with Gasteiger partial charge in [-0.25, -0.2) is 0 Å². The quantitative estimate of drug-likeness (QED) is 0.266. The number of rotatable bonds is 5. The van der Waals surface area contributed by atoms with Crippen LogP contribution in [0.2, 0.25) is 0 Å². The van der Waals surface area contributed by atoms with Crippen LogP contribution in [0.5, 0.6) is 0 Å². The summed E-state index contributed by atoms with van der Waals surface area (Å²) in [5.41, 5.74) is 4.43. The van der Waals surface area contributed by atoms with Crippen LogP contribution >= 0.6 is 27.8 Å². The summed E-state index contributed by atoms with van der Waals surface area (Å²) in [6.07, 6.45) is 0.360. The van der Waals surface area contributed by atoms with Crippen molar-refractivity contribution in [3.05, 3.63) is 23.8 Å². The van der Waals surface area contributed by atoms with E-state index in [-0.39, 0.29) is 16.6 Å². The molecule has 114 valence electrons. The lowest BCUT2D eigenvalue weighted by atomic mass is 10.1. The van der Waals surface area contributed by atoms with E-state index in [0.29, 0.717) is 6.42 Å². The highest BCUT2D eigenvalue weighted by atomic mass is 32.1. The molecule has 0 aliphatic carbocycles. The number of hydrogen-bond acceptors (Lipinski definition) is 4. The molecule has 0 fully saturated rings. The van der Waals surface area contributed by atoms with Gasteiger partial charge in [-0.3, -0.25) is 9.13 Å². The lowest BCUT2D eigenvalue weighted by molar-refractivity contribution is 0.356. The van der Waals surface area contributed by atoms with E-state index in [9.17, 15) is 18.9 Å². The Morgan fingerprint density at radius 3 is 2.20 bits per heavy atom. The van der Waals surface area contributed by atoms with Crippen molar-refractivity contribution >= 4 is 38.8 Å². The molecule has 0 heterocycles. The Balaban J connectivity index is 3.48. The minimum absolute atomic E-state index is 0.000934. The molecule has 10 heteroatoms. The number of hydrogen-bond donors (Lipinski definition) is 6. The van der Waals surface area contributed by atoms with Gasteiger partial charge in [-0.15, -0.1) is 0 Å². The number of nitrogen functional groups attached to an aromatic ring is 1. The molecule has 0 aliphatic rings. The lowest BCUT2D eigenvalue weighted by Gasteiger charge is -2.25. The Kier molecular flexibility index (Phi) is 5.49. The normalized spacial score (nSPS) is 15.9. The molecule has 0 bridgehead atoms. The highest BCUT2D eigenvalue weighted by Gasteiger charge is 2.37. The van der Waals surface area contributed by atoms with E-state index in [2.05, 4.69) is 12.6 Å². The predicted octanol–water partition coefficient (Wildman–Crippen LogP) is 0.999. The molecule has 0 radical (unpaired) electrons. The van der Waals surface area contributed by atoms with Crippen molar-refractivity contribution in [1.29, 1.82) is 0 Å². The first-order valence-corrected chi connectivity index (χ1v) is 9.48. The Morgan fingerprint density at radius 2 is 1.80 bits per heavy atom. The van der Waals surface area contributed by atoms with Crippen molar-refractivity contribution in [3.63, 3.8) is 0 Å². The molecule has 0 spiro atoms. The molecule has 1 rings (SSSR count). The summed E-state index contributed by atoms with van der Waals surface area (Å²) in [4.78, 5) is 37.2. The minimum atomic E-state index is -4.58. The molecule has 1 aromatic rings. The van der Waals surface area contributed by atoms with Crippen LogP contribution in [-0.4, -0.2) is 24.8 Å². The summed E-state index contributed by atoms with van der Waals surface area (Å²) in [7, 11) is -9.11. The van der Waals surface area contributed by atoms with E-state index in [0.717, 1.165) is 12.1 Å². The van der Waals surface area contributed by atoms with Crippen molar-refractivity contribution in [3.8, 4) is 0 Å². The van der Waals surface area contributed by atoms with Gasteiger partial charge in [-0.2, -0.15) is 12.6 Å². The zero-order chi connectivity index (χ0) is 15.7. The van der Waals surface area contributed by atoms with E-state index in [1.54, 1.807) is 6.92 Å². The van der Waals surface area contributed by atoms with Crippen LogP contribution in [-0.2, 0) is 9.13 Å². The van der Waals surface area contributed by atoms with Crippen molar-refractivity contribution < 1.29 is 28.7 Å². The molecule has 6 N–H and O–H groups in total. The third-order valence-corrected chi connectivity index (χ3v) is 6.08. The van der Waals surface area contributed by atoms with Gasteiger partial charge in [0.1, 0.15) is 0 Å². The first-order valence-electron chi connectivity index (χ1n) is 5.67. The average molecular weight is 341 g/mol. The highest BCUT2D eigenvalue weighted by molar-refractivity contribution is 7.81. The number of anilines is 1. The number of benzene rings is 1. The summed E-state index contributed by atoms with van der Waals surface area (Å²) in [6.45, 7) is 1.70. The third-order valence-electron chi connectivity index (χ3n) is 2.87. The fourth-order valence-electron chi connectivity index (χ4n) is 1.84. The maximum atomic E-state index is 11.6. The Bertz CT molecular complexity index is 583. The van der Waals surface area contributed by atoms with Crippen molar-refractivity contribution in [1.82, 2.24) is 0 Å². The lowest BCUT2D eigenvalue weighted by Crippen LogP contribution is -2.17. The van der Waals surface area contributed by atoms with Gasteiger partial charge in [0.05, 0.1) is 11.0 Å². The molecule has 2 atom stereocenters. The summed E-state index contributed by atoms with van der Waals surface area (Å²) in [5, 5.41) is -1.03. The molecule has 7 nitrogen and oxygen atoms in total. The molecule has 0 aliphatic heterocycles. The standard InChI is InChI=1S/C10H17NO6P2S/c1-2-9(20)10(19(15,16)17)7-5-6(18(12,13)14)3-4-8(7)11/h3-5,9-10,20H,2,11H2,1H3,(H2,12,13,14)(H2,15,16,17). The van der Waals surface area contributed by atoms with Gasteiger partial charge >= 0.3 is 15.2 Å². The molecule has 0 saturated carbocycles. The van der Waals surface area contributed by atoms with E-state index in [1.165, 1.54) is 6.07 Å². The molecule has 2 unspecified atom stereocenters. The Labute approximate surface area is 121 Å². The van der Waals surface area contributed by atoms with Crippen molar-refractivity contribution in [2.45, 2.75) is 24.3 Å². The second-order valence-corrected chi connectivity index (χ2v) is 8.37. The van der Waals surface area contributed by atoms with Crippen molar-refractivity contribution in [2.75, 3.05) is 5.73 Å². The summed E-state index contributed by atoms with van der Waals surface area (Å²) in [5.74, 6) is 0. The van der Waals surface area contributed by atoms with Crippen LogP contribution < -0.4 is 11.0 Å². The van der Waals surface area contributed by atoms with Crippen LogP contribution in [0.4, 0.5) is 5.69 Å². The zero-order valence-corrected chi connectivity index (χ0v) is 13.3. The second-order valence-electron chi connectivity index (χ2n) is 4.37. The fourth-order valence-corrected chi connectivity index (χ4v) is 4.34. The topological polar surface area (TPSA) is 141 Å². The fraction of sp³-hybridized carbons (Fsp3) is 0.400. The first-order chi connectivity index (χ1) is 8.98. The van der Waals surface area contributed by atoms with Crippen LogP contribution in [0.1, 0.15) is 24.6 Å². The molecule has 1 aromatic carbocycles. The monoisotopic (exact) mass is 341 g/mol. The first kappa shape index (κ1) is 17.7. The van der Waals surface area contributed by atoms with E-state index < -0.39 is 26.1 Å². The third kappa shape index (κ3) is 4.09. The number of thiol groups is 1. The molecule has 0 saturated heterocycles. The average Bonchev–Trinajstić information content (AvgIpc) is 2.28. The number of nitrogens with two attached hydrogens (primary N) is 1. The van der Waals surface area contributed by atoms with E-state index in [1.807, 2.05) is 0 Å². The molecular weight excluding hydrogens is 324 g/mol. The summed E-state index contributed by atoms with van der Waals surface area (Å²) >= 11 is 4.14. The molecule has 0 amide bonds. The Morgan fingerprint density at radius 1 is 1.25 bits per heavy atom. The predicted molar refractivity (Wildman–Crippen MR) is 80.4 cm³/mol. The van der Waals surface area contributed by atoms with Crippen LogP contribution in [0.25, 0.3) is 0 Å². The Hall–Kier alpha value is -0.330. The summed E-state index contributed by atoms with van der Waals surface area (Å²) < 4.78 is 22.9. The maximum absolute atomic E-state index is 11.6. The SMILES string of the molecule is CCC(S)C(c1cc(P(=O)(O)O)ccc1N)P(=O)(O)O. The maximum Gasteiger partial charge on any atom is 0.356 e. The second kappa shape index (κ2) is 6.20. The smallest absolute Gasteiger partial charge is 0.356 e. The van der Waals surface area contributed by atoms with Gasteiger partial charge < -0.3 is 25.3 Å². The van der Waals surface area contributed by atoms with Gasteiger partial charge in [-0.05, 0) is 30.2 Å². The van der Waals surface area contributed by atoms with Crippen LogP contribution in [0, 0.1) is 0 Å². The van der Waals surface area contributed by atoms with E-state index >= 15 is 0 Å². The summed E-state index contributed by atoms with van der Waals surface area (Å²) in [6, 6.07) is 3.40. The van der Waals surface area contributed by atoms with Crippen LogP contribution in [0.15, 0.2) is 18.2 Å². The van der Waals surface area contributed by atoms with Gasteiger partial charge in [0.2, 0.25) is 0 Å². The van der Waals surface area contributed by atoms with Gasteiger partial charge in [0.15, 0.2) is 0 Å². The molecular formula is C10H17NO6P2S. The largest absolute Gasteiger partial charge is 0.398 e. The molecule has 0 aromatic heterocycles. The van der Waals surface area contributed by atoms with Gasteiger partial charge in [-0.1, -0.05) is 6.92 Å². The van der Waals surface area contributed by atoms with Gasteiger partial charge in [0, 0.05) is 10.9 Å². The highest BCUT2D eigenvalue weighted by Crippen LogP contribution is 2.56. The van der Waals surface area contributed by atoms with Crippen molar-refractivity contribution in [2.24, 2.45) is 0 Å². The van der Waals surface area contributed by atoms with Crippen LogP contribution in [0.3, 0.4) is 0 Å². The zero-order valence-electron chi connectivity index (χ0n) is 10.6. The molecule has 20 heavy (non-hydrogen) atoms.